The highest BCUT2D eigenvalue weighted by atomic mass is 127. The second-order valence-corrected chi connectivity index (χ2v) is 6.06. The molecule has 0 aliphatic carbocycles. The van der Waals surface area contributed by atoms with Crippen molar-refractivity contribution in [1.82, 2.24) is 4.98 Å². The zero-order valence-electron chi connectivity index (χ0n) is 7.58. The Hall–Kier alpha value is 0.120. The first-order valence-electron chi connectivity index (χ1n) is 4.34. The fraction of sp³-hybridized carbons (Fsp3) is 0.333. The summed E-state index contributed by atoms with van der Waals surface area (Å²) in [6, 6.07) is 3.68. The molecule has 1 atom stereocenters. The molecule has 2 rings (SSSR count). The van der Waals surface area contributed by atoms with Gasteiger partial charge in [-0.05, 0) is 34.7 Å². The molecule has 1 aromatic rings. The number of carbonyl (C=O) groups excluding carboxylic acids is 1. The minimum atomic E-state index is 0.0849. The number of hydrogen-bond acceptors (Lipinski definition) is 2. The van der Waals surface area contributed by atoms with E-state index >= 15 is 0 Å². The van der Waals surface area contributed by atoms with E-state index in [9.17, 15) is 4.79 Å². The summed E-state index contributed by atoms with van der Waals surface area (Å²) in [7, 11) is 0. The number of nitrogens with zero attached hydrogens (tertiary/aromatic N) is 2. The third kappa shape index (κ3) is 2.45. The van der Waals surface area contributed by atoms with Crippen molar-refractivity contribution >= 4 is 61.8 Å². The lowest BCUT2D eigenvalue weighted by atomic mass is 10.4. The molecule has 0 aromatic carbocycles. The molecule has 1 aliphatic heterocycles. The lowest BCUT2D eigenvalue weighted by Gasteiger charge is -2.14. The van der Waals surface area contributed by atoms with Crippen molar-refractivity contribution in [3.8, 4) is 0 Å². The van der Waals surface area contributed by atoms with Crippen LogP contribution in [0, 0.1) is 3.57 Å². The van der Waals surface area contributed by atoms with E-state index in [1.807, 2.05) is 12.1 Å². The summed E-state index contributed by atoms with van der Waals surface area (Å²) in [5.41, 5.74) is 0. The molecule has 6 heteroatoms. The van der Waals surface area contributed by atoms with Gasteiger partial charge in [-0.3, -0.25) is 9.69 Å². The third-order valence-corrected chi connectivity index (χ3v) is 4.23. The molecular formula is C9H7BrClIN2O. The van der Waals surface area contributed by atoms with Crippen LogP contribution in [0.4, 0.5) is 5.82 Å². The maximum absolute atomic E-state index is 11.6. The van der Waals surface area contributed by atoms with E-state index in [0.29, 0.717) is 23.9 Å². The van der Waals surface area contributed by atoms with Crippen LogP contribution in [0.3, 0.4) is 0 Å². The molecule has 0 saturated carbocycles. The molecule has 1 aromatic heterocycles. The molecule has 1 unspecified atom stereocenters. The average molecular weight is 401 g/mol. The fourth-order valence-corrected chi connectivity index (χ4v) is 2.46. The van der Waals surface area contributed by atoms with Crippen LogP contribution < -0.4 is 4.90 Å². The Morgan fingerprint density at radius 1 is 1.60 bits per heavy atom. The average Bonchev–Trinajstić information content (AvgIpc) is 2.50. The molecule has 1 saturated heterocycles. The molecule has 1 amide bonds. The number of aromatic nitrogens is 1. The van der Waals surface area contributed by atoms with Crippen LogP contribution in [-0.4, -0.2) is 22.3 Å². The number of amides is 1. The predicted molar refractivity (Wildman–Crippen MR) is 71.6 cm³/mol. The lowest BCUT2D eigenvalue weighted by Crippen LogP contribution is -2.25. The highest BCUT2D eigenvalue weighted by molar-refractivity contribution is 14.1. The Labute approximate surface area is 114 Å². The Balaban J connectivity index is 2.30. The van der Waals surface area contributed by atoms with Crippen molar-refractivity contribution in [2.75, 3.05) is 11.4 Å². The molecule has 0 bridgehead atoms. The largest absolute Gasteiger partial charge is 0.296 e. The smallest absolute Gasteiger partial charge is 0.229 e. The summed E-state index contributed by atoms with van der Waals surface area (Å²) < 4.78 is 0.889. The second-order valence-electron chi connectivity index (χ2n) is 3.25. The summed E-state index contributed by atoms with van der Waals surface area (Å²) in [5, 5.41) is 0.443. The van der Waals surface area contributed by atoms with Gasteiger partial charge in [0, 0.05) is 17.8 Å². The molecule has 80 valence electrons. The number of anilines is 1. The number of carbonyl (C=O) groups is 1. The van der Waals surface area contributed by atoms with Crippen molar-refractivity contribution in [3.05, 3.63) is 20.9 Å². The first-order valence-corrected chi connectivity index (χ1v) is 6.71. The highest BCUT2D eigenvalue weighted by Gasteiger charge is 2.29. The van der Waals surface area contributed by atoms with Crippen molar-refractivity contribution in [1.29, 1.82) is 0 Å². The maximum atomic E-state index is 11.6. The summed E-state index contributed by atoms with van der Waals surface area (Å²) in [4.78, 5) is 17.6. The summed E-state index contributed by atoms with van der Waals surface area (Å²) in [6.45, 7) is 0.656. The van der Waals surface area contributed by atoms with Gasteiger partial charge in [-0.15, -0.1) is 0 Å². The van der Waals surface area contributed by atoms with E-state index in [-0.39, 0.29) is 10.7 Å². The van der Waals surface area contributed by atoms with Gasteiger partial charge in [-0.2, -0.15) is 0 Å². The Kier molecular flexibility index (Phi) is 3.52. The quantitative estimate of drug-likeness (QED) is 0.412. The summed E-state index contributed by atoms with van der Waals surface area (Å²) in [5.74, 6) is 0.717. The number of pyridine rings is 1. The monoisotopic (exact) mass is 400 g/mol. The zero-order valence-corrected chi connectivity index (χ0v) is 12.1. The Morgan fingerprint density at radius 3 is 2.87 bits per heavy atom. The fourth-order valence-electron chi connectivity index (χ4n) is 1.44. The normalized spacial score (nSPS) is 21.1. The first-order chi connectivity index (χ1) is 7.08. The maximum Gasteiger partial charge on any atom is 0.229 e. The van der Waals surface area contributed by atoms with Gasteiger partial charge >= 0.3 is 0 Å². The number of halogens is 3. The van der Waals surface area contributed by atoms with Crippen LogP contribution in [0.25, 0.3) is 0 Å². The summed E-state index contributed by atoms with van der Waals surface area (Å²) in [6.07, 6.45) is 0.519. The van der Waals surface area contributed by atoms with Gasteiger partial charge in [-0.1, -0.05) is 27.5 Å². The molecule has 3 nitrogen and oxygen atoms in total. The van der Waals surface area contributed by atoms with Crippen LogP contribution in [0.1, 0.15) is 6.42 Å². The Morgan fingerprint density at radius 2 is 2.33 bits per heavy atom. The van der Waals surface area contributed by atoms with Gasteiger partial charge < -0.3 is 0 Å². The minimum Gasteiger partial charge on any atom is -0.296 e. The van der Waals surface area contributed by atoms with Gasteiger partial charge in [-0.25, -0.2) is 4.98 Å². The van der Waals surface area contributed by atoms with Crippen molar-refractivity contribution in [2.45, 2.75) is 11.2 Å². The van der Waals surface area contributed by atoms with E-state index in [2.05, 4.69) is 43.5 Å². The SMILES string of the molecule is O=C1CC(Br)CN1c1ccc(I)c(Cl)n1. The Bertz CT molecular complexity index is 415. The standard InChI is InChI=1S/C9H7BrClIN2O/c10-5-3-8(15)14(4-5)7-2-1-6(12)9(11)13-7/h1-2,5H,3-4H2. The van der Waals surface area contributed by atoms with Crippen LogP contribution >= 0.6 is 50.1 Å². The van der Waals surface area contributed by atoms with Gasteiger partial charge in [0.25, 0.3) is 0 Å². The van der Waals surface area contributed by atoms with Gasteiger partial charge in [0.1, 0.15) is 11.0 Å². The van der Waals surface area contributed by atoms with Gasteiger partial charge in [0.15, 0.2) is 0 Å². The number of hydrogen-bond donors (Lipinski definition) is 0. The third-order valence-electron chi connectivity index (χ3n) is 2.14. The molecule has 0 spiro atoms. The van der Waals surface area contributed by atoms with Crippen LogP contribution in [0.15, 0.2) is 12.1 Å². The van der Waals surface area contributed by atoms with E-state index in [1.54, 1.807) is 4.90 Å². The molecule has 0 N–H and O–H groups in total. The molecule has 1 fully saturated rings. The summed E-state index contributed by atoms with van der Waals surface area (Å²) >= 11 is 11.4. The van der Waals surface area contributed by atoms with Gasteiger partial charge in [0.2, 0.25) is 5.91 Å². The highest BCUT2D eigenvalue weighted by Crippen LogP contribution is 2.26. The lowest BCUT2D eigenvalue weighted by molar-refractivity contribution is -0.117. The topological polar surface area (TPSA) is 33.2 Å². The van der Waals surface area contributed by atoms with Crippen LogP contribution in [-0.2, 0) is 4.79 Å². The number of rotatable bonds is 1. The van der Waals surface area contributed by atoms with Crippen LogP contribution in [0.5, 0.6) is 0 Å². The predicted octanol–water partition coefficient (Wildman–Crippen LogP) is 2.84. The molecule has 1 aliphatic rings. The van der Waals surface area contributed by atoms with Crippen molar-refractivity contribution in [2.24, 2.45) is 0 Å². The molecule has 2 heterocycles. The molecule has 15 heavy (non-hydrogen) atoms. The van der Waals surface area contributed by atoms with Crippen molar-refractivity contribution < 1.29 is 4.79 Å². The van der Waals surface area contributed by atoms with E-state index in [1.165, 1.54) is 0 Å². The van der Waals surface area contributed by atoms with Crippen molar-refractivity contribution in [3.63, 3.8) is 0 Å². The minimum absolute atomic E-state index is 0.0849. The van der Waals surface area contributed by atoms with Crippen LogP contribution in [0.2, 0.25) is 5.15 Å². The van der Waals surface area contributed by atoms with E-state index in [4.69, 9.17) is 11.6 Å². The van der Waals surface area contributed by atoms with E-state index < -0.39 is 0 Å². The zero-order chi connectivity index (χ0) is 11.0. The molecule has 0 radical (unpaired) electrons. The first kappa shape index (κ1) is 11.6. The molecular weight excluding hydrogens is 394 g/mol. The van der Waals surface area contributed by atoms with E-state index in [0.717, 1.165) is 3.57 Å². The number of alkyl halides is 1. The van der Waals surface area contributed by atoms with Gasteiger partial charge in [0.05, 0.1) is 3.57 Å². The second kappa shape index (κ2) is 4.55.